The second kappa shape index (κ2) is 13.4. The fourth-order valence-electron chi connectivity index (χ4n) is 5.40. The van der Waals surface area contributed by atoms with Crippen molar-refractivity contribution in [3.63, 3.8) is 0 Å². The van der Waals surface area contributed by atoms with Crippen LogP contribution in [0.4, 0.5) is 9.18 Å². The van der Waals surface area contributed by atoms with Gasteiger partial charge >= 0.3 is 6.03 Å². The summed E-state index contributed by atoms with van der Waals surface area (Å²) in [6.45, 7) is 8.60. The van der Waals surface area contributed by atoms with E-state index in [9.17, 15) is 13.2 Å². The van der Waals surface area contributed by atoms with Gasteiger partial charge in [-0.15, -0.1) is 0 Å². The summed E-state index contributed by atoms with van der Waals surface area (Å²) in [6.07, 6.45) is 0.551. The zero-order chi connectivity index (χ0) is 30.5. The van der Waals surface area contributed by atoms with E-state index in [1.54, 1.807) is 16.7 Å². The number of hydrogen-bond donors (Lipinski definition) is 1. The summed E-state index contributed by atoms with van der Waals surface area (Å²) in [5.74, 6) is 0.655. The summed E-state index contributed by atoms with van der Waals surface area (Å²) < 4.78 is 43.4. The average molecular weight is 599 g/mol. The van der Waals surface area contributed by atoms with Gasteiger partial charge in [0.1, 0.15) is 12.0 Å². The monoisotopic (exact) mass is 598 g/mol. The maximum absolute atomic E-state index is 15.1. The number of aromatic nitrogens is 2. The topological polar surface area (TPSA) is 105 Å². The summed E-state index contributed by atoms with van der Waals surface area (Å²) in [5, 5.41) is 0. The molecular weight excluding hydrogens is 555 g/mol. The minimum Gasteiger partial charge on any atom is -0.328 e. The standard InChI is InChI=1S/C31H43FN6O3S/c1-5-42(40,41)37-18-16-35(17-19-37)30(39)38(22-26(32)20-33)28(31(2,3)4)29-34-27(25-14-10-7-11-15-25)23-36(29)21-24-12-8-6-9-13-24/h6-15,23,26,28H,5,16-22,33H2,1-4H3. The van der Waals surface area contributed by atoms with Gasteiger partial charge in [-0.1, -0.05) is 81.4 Å². The van der Waals surface area contributed by atoms with Crippen LogP contribution in [0.15, 0.2) is 66.9 Å². The van der Waals surface area contributed by atoms with Crippen molar-refractivity contribution in [1.82, 2.24) is 23.7 Å². The van der Waals surface area contributed by atoms with Crippen molar-refractivity contribution in [2.45, 2.75) is 46.5 Å². The number of hydrogen-bond acceptors (Lipinski definition) is 5. The predicted octanol–water partition coefficient (Wildman–Crippen LogP) is 4.37. The minimum atomic E-state index is -3.36. The van der Waals surface area contributed by atoms with Crippen LogP contribution >= 0.6 is 0 Å². The van der Waals surface area contributed by atoms with Crippen LogP contribution in [0.1, 0.15) is 45.1 Å². The first kappa shape index (κ1) is 31.7. The number of urea groups is 1. The fraction of sp³-hybridized carbons (Fsp3) is 0.484. The summed E-state index contributed by atoms with van der Waals surface area (Å²) >= 11 is 0. The molecule has 2 unspecified atom stereocenters. The molecule has 1 saturated heterocycles. The molecule has 228 valence electrons. The van der Waals surface area contributed by atoms with E-state index in [1.807, 2.05) is 87.6 Å². The first-order valence-electron chi connectivity index (χ1n) is 14.5. The van der Waals surface area contributed by atoms with Crippen LogP contribution in [0.25, 0.3) is 11.3 Å². The van der Waals surface area contributed by atoms with Crippen molar-refractivity contribution in [1.29, 1.82) is 0 Å². The quantitative estimate of drug-likeness (QED) is 0.373. The second-order valence-electron chi connectivity index (χ2n) is 11.8. The molecule has 0 bridgehead atoms. The molecule has 3 aromatic rings. The van der Waals surface area contributed by atoms with Gasteiger partial charge in [0.05, 0.1) is 24.0 Å². The first-order chi connectivity index (χ1) is 19.9. The Morgan fingerprint density at radius 1 is 1.02 bits per heavy atom. The number of amides is 2. The van der Waals surface area contributed by atoms with E-state index in [1.165, 1.54) is 4.31 Å². The van der Waals surface area contributed by atoms with E-state index in [4.69, 9.17) is 10.7 Å². The Bertz CT molecular complexity index is 1420. The highest BCUT2D eigenvalue weighted by Crippen LogP contribution is 2.40. The van der Waals surface area contributed by atoms with Gasteiger partial charge in [-0.2, -0.15) is 4.31 Å². The highest BCUT2D eigenvalue weighted by atomic mass is 32.2. The number of imidazole rings is 1. The van der Waals surface area contributed by atoms with Gasteiger partial charge in [-0.05, 0) is 17.9 Å². The Hall–Kier alpha value is -3.28. The molecule has 2 aromatic carbocycles. The number of nitrogens with zero attached hydrogens (tertiary/aromatic N) is 5. The largest absolute Gasteiger partial charge is 0.328 e. The molecule has 1 aromatic heterocycles. The van der Waals surface area contributed by atoms with Crippen molar-refractivity contribution < 1.29 is 17.6 Å². The minimum absolute atomic E-state index is 0.00697. The molecule has 11 heteroatoms. The number of rotatable bonds is 10. The molecule has 2 heterocycles. The Labute approximate surface area is 249 Å². The molecule has 9 nitrogen and oxygen atoms in total. The normalized spacial score (nSPS) is 16.3. The highest BCUT2D eigenvalue weighted by molar-refractivity contribution is 7.89. The molecule has 1 fully saturated rings. The van der Waals surface area contributed by atoms with Crippen molar-refractivity contribution in [3.8, 4) is 11.3 Å². The lowest BCUT2D eigenvalue weighted by molar-refractivity contribution is 0.0615. The lowest BCUT2D eigenvalue weighted by Gasteiger charge is -2.44. The molecule has 2 N–H and O–H groups in total. The van der Waals surface area contributed by atoms with Crippen molar-refractivity contribution >= 4 is 16.1 Å². The van der Waals surface area contributed by atoms with Crippen LogP contribution in [0.2, 0.25) is 0 Å². The molecule has 4 rings (SSSR count). The van der Waals surface area contributed by atoms with Crippen molar-refractivity contribution in [2.75, 3.05) is 45.0 Å². The van der Waals surface area contributed by atoms with Crippen molar-refractivity contribution in [2.24, 2.45) is 11.1 Å². The third-order valence-corrected chi connectivity index (χ3v) is 9.49. The summed E-state index contributed by atoms with van der Waals surface area (Å²) in [6, 6.07) is 18.9. The molecule has 1 aliphatic rings. The molecule has 0 saturated carbocycles. The van der Waals surface area contributed by atoms with Gasteiger partial charge < -0.3 is 20.1 Å². The van der Waals surface area contributed by atoms with E-state index < -0.39 is 27.7 Å². The second-order valence-corrected chi connectivity index (χ2v) is 14.0. The maximum atomic E-state index is 15.1. The molecule has 1 aliphatic heterocycles. The van der Waals surface area contributed by atoms with E-state index in [0.717, 1.165) is 16.8 Å². The number of carbonyl (C=O) groups is 1. The Kier molecular flexibility index (Phi) is 10.1. The number of alkyl halides is 1. The van der Waals surface area contributed by atoms with Crippen LogP contribution < -0.4 is 5.73 Å². The molecule has 0 spiro atoms. The van der Waals surface area contributed by atoms with Gasteiger partial charge in [-0.25, -0.2) is 22.6 Å². The first-order valence-corrected chi connectivity index (χ1v) is 16.1. The fourth-order valence-corrected chi connectivity index (χ4v) is 6.49. The molecule has 2 atom stereocenters. The summed E-state index contributed by atoms with van der Waals surface area (Å²) in [4.78, 5) is 22.5. The van der Waals surface area contributed by atoms with Crippen LogP contribution in [-0.4, -0.2) is 89.3 Å². The number of benzene rings is 2. The van der Waals surface area contributed by atoms with Gasteiger partial charge in [0.25, 0.3) is 0 Å². The average Bonchev–Trinajstić information content (AvgIpc) is 3.39. The molecule has 2 amide bonds. The van der Waals surface area contributed by atoms with Crippen LogP contribution in [-0.2, 0) is 16.6 Å². The maximum Gasteiger partial charge on any atom is 0.320 e. The highest BCUT2D eigenvalue weighted by Gasteiger charge is 2.41. The van der Waals surface area contributed by atoms with E-state index >= 15 is 4.39 Å². The Morgan fingerprint density at radius 3 is 2.17 bits per heavy atom. The zero-order valence-corrected chi connectivity index (χ0v) is 25.8. The number of halogens is 1. The molecule has 42 heavy (non-hydrogen) atoms. The van der Waals surface area contributed by atoms with E-state index in [-0.39, 0.29) is 51.1 Å². The van der Waals surface area contributed by atoms with Crippen LogP contribution in [0.3, 0.4) is 0 Å². The van der Waals surface area contributed by atoms with Crippen LogP contribution in [0.5, 0.6) is 0 Å². The third-order valence-electron chi connectivity index (χ3n) is 7.61. The smallest absolute Gasteiger partial charge is 0.320 e. The number of carbonyl (C=O) groups excluding carboxylic acids is 1. The Morgan fingerprint density at radius 2 is 1.62 bits per heavy atom. The van der Waals surface area contributed by atoms with Gasteiger partial charge in [0, 0.05) is 51.0 Å². The van der Waals surface area contributed by atoms with Gasteiger partial charge in [0.2, 0.25) is 10.0 Å². The molecule has 0 aliphatic carbocycles. The Balaban J connectivity index is 1.77. The van der Waals surface area contributed by atoms with Crippen molar-refractivity contribution in [3.05, 3.63) is 78.2 Å². The molecule has 0 radical (unpaired) electrons. The third kappa shape index (κ3) is 7.37. The van der Waals surface area contributed by atoms with E-state index in [0.29, 0.717) is 12.4 Å². The number of sulfonamides is 1. The summed E-state index contributed by atoms with van der Waals surface area (Å²) in [5.41, 5.74) is 7.95. The van der Waals surface area contributed by atoms with Gasteiger partial charge in [-0.3, -0.25) is 0 Å². The van der Waals surface area contributed by atoms with E-state index in [2.05, 4.69) is 4.57 Å². The van der Waals surface area contributed by atoms with Crippen LogP contribution in [0, 0.1) is 5.41 Å². The van der Waals surface area contributed by atoms with Gasteiger partial charge in [0.15, 0.2) is 0 Å². The SMILES string of the molecule is CCS(=O)(=O)N1CCN(C(=O)N(CC(F)CN)C(c2nc(-c3ccccc3)cn2Cc2ccccc2)C(C)(C)C)CC1. The number of nitrogens with two attached hydrogens (primary N) is 1. The lowest BCUT2D eigenvalue weighted by Crippen LogP contribution is -2.57. The lowest BCUT2D eigenvalue weighted by atomic mass is 9.84. The molecular formula is C31H43FN6O3S. The summed E-state index contributed by atoms with van der Waals surface area (Å²) in [7, 11) is -3.36. The zero-order valence-electron chi connectivity index (χ0n) is 25.0. The predicted molar refractivity (Wildman–Crippen MR) is 164 cm³/mol. The number of piperazine rings is 1.